The van der Waals surface area contributed by atoms with E-state index in [1.165, 1.54) is 12.1 Å². The number of halogens is 4. The molecule has 0 atom stereocenters. The molecule has 9 heteroatoms. The van der Waals surface area contributed by atoms with Crippen LogP contribution < -0.4 is 11.1 Å². The smallest absolute Gasteiger partial charge is 0.204 e. The van der Waals surface area contributed by atoms with Gasteiger partial charge in [-0.25, -0.2) is 9.37 Å². The summed E-state index contributed by atoms with van der Waals surface area (Å²) in [6.07, 6.45) is 2.17. The Labute approximate surface area is 195 Å². The molecule has 4 rings (SSSR count). The minimum absolute atomic E-state index is 0. The first-order valence-electron chi connectivity index (χ1n) is 9.61. The van der Waals surface area contributed by atoms with Gasteiger partial charge in [0.25, 0.3) is 0 Å². The molecule has 0 aliphatic carbocycles. The second kappa shape index (κ2) is 12.3. The second-order valence-corrected chi connectivity index (χ2v) is 7.19. The molecule has 0 bridgehead atoms. The van der Waals surface area contributed by atoms with E-state index >= 15 is 0 Å². The van der Waals surface area contributed by atoms with E-state index in [1.807, 2.05) is 30.3 Å². The summed E-state index contributed by atoms with van der Waals surface area (Å²) in [7, 11) is 0. The highest BCUT2D eigenvalue weighted by Gasteiger charge is 2.21. The van der Waals surface area contributed by atoms with Crippen molar-refractivity contribution in [3.8, 4) is 0 Å². The van der Waals surface area contributed by atoms with Gasteiger partial charge in [-0.15, -0.1) is 37.2 Å². The number of anilines is 1. The summed E-state index contributed by atoms with van der Waals surface area (Å²) in [6.45, 7) is 4.47. The standard InChI is InChI=1S/C21H26FN5.3ClH/c22-17-7-5-16(6-8-17)15-27-20-4-2-1-3-19(20)25-21(27)24-18-9-12-26(13-10-18)14-11-23;;;/h1-8,18H,9-15,23H2,(H,24,25);3*1H. The van der Waals surface area contributed by atoms with Crippen LogP contribution in [0.25, 0.3) is 11.0 Å². The first kappa shape index (κ1) is 26.5. The molecule has 0 spiro atoms. The van der Waals surface area contributed by atoms with Crippen molar-refractivity contribution in [1.82, 2.24) is 14.5 Å². The summed E-state index contributed by atoms with van der Waals surface area (Å²) in [5.74, 6) is 0.676. The quantitative estimate of drug-likeness (QED) is 0.556. The van der Waals surface area contributed by atoms with Crippen molar-refractivity contribution in [3.05, 3.63) is 59.9 Å². The van der Waals surface area contributed by atoms with Crippen molar-refractivity contribution in [2.24, 2.45) is 5.73 Å². The van der Waals surface area contributed by atoms with E-state index in [1.54, 1.807) is 0 Å². The molecule has 0 amide bonds. The molecule has 2 heterocycles. The predicted molar refractivity (Wildman–Crippen MR) is 129 cm³/mol. The second-order valence-electron chi connectivity index (χ2n) is 7.19. The molecule has 0 saturated carbocycles. The molecule has 1 saturated heterocycles. The number of nitrogens with two attached hydrogens (primary N) is 1. The van der Waals surface area contributed by atoms with Crippen LogP contribution in [0.4, 0.5) is 10.3 Å². The summed E-state index contributed by atoms with van der Waals surface area (Å²) < 4.78 is 15.4. The zero-order valence-corrected chi connectivity index (χ0v) is 19.1. The predicted octanol–water partition coefficient (Wildman–Crippen LogP) is 4.32. The molecule has 0 unspecified atom stereocenters. The first-order valence-corrected chi connectivity index (χ1v) is 9.61. The van der Waals surface area contributed by atoms with E-state index in [2.05, 4.69) is 20.9 Å². The normalized spacial score (nSPS) is 14.5. The number of benzene rings is 2. The number of hydrogen-bond acceptors (Lipinski definition) is 4. The molecule has 1 fully saturated rings. The van der Waals surface area contributed by atoms with Crippen molar-refractivity contribution >= 4 is 54.2 Å². The van der Waals surface area contributed by atoms with Crippen molar-refractivity contribution in [1.29, 1.82) is 0 Å². The van der Waals surface area contributed by atoms with Gasteiger partial charge in [-0.1, -0.05) is 24.3 Å². The zero-order valence-electron chi connectivity index (χ0n) is 16.7. The van der Waals surface area contributed by atoms with E-state index in [9.17, 15) is 4.39 Å². The fourth-order valence-corrected chi connectivity index (χ4v) is 3.78. The summed E-state index contributed by atoms with van der Waals surface area (Å²) in [4.78, 5) is 7.24. The molecular weight excluding hydrogens is 448 g/mol. The highest BCUT2D eigenvalue weighted by Crippen LogP contribution is 2.23. The summed E-state index contributed by atoms with van der Waals surface area (Å²) >= 11 is 0. The number of rotatable bonds is 6. The molecule has 166 valence electrons. The summed E-state index contributed by atoms with van der Waals surface area (Å²) in [5, 5.41) is 3.65. The lowest BCUT2D eigenvalue weighted by molar-refractivity contribution is 0.224. The Hall–Kier alpha value is -1.57. The Bertz CT molecular complexity index is 895. The Morgan fingerprint density at radius 3 is 2.33 bits per heavy atom. The molecule has 1 aliphatic rings. The minimum Gasteiger partial charge on any atom is -0.353 e. The van der Waals surface area contributed by atoms with E-state index in [0.29, 0.717) is 19.1 Å². The van der Waals surface area contributed by atoms with Crippen molar-refractivity contribution in [2.45, 2.75) is 25.4 Å². The number of aromatic nitrogens is 2. The molecule has 5 nitrogen and oxygen atoms in total. The Kier molecular flexibility index (Phi) is 10.9. The number of piperidine rings is 1. The monoisotopic (exact) mass is 475 g/mol. The maximum absolute atomic E-state index is 13.2. The number of nitrogens with zero attached hydrogens (tertiary/aromatic N) is 3. The minimum atomic E-state index is -0.211. The first-order chi connectivity index (χ1) is 13.2. The molecule has 1 aliphatic heterocycles. The van der Waals surface area contributed by atoms with Gasteiger partial charge in [-0.2, -0.15) is 0 Å². The zero-order chi connectivity index (χ0) is 18.6. The van der Waals surface area contributed by atoms with Crippen LogP contribution in [0.2, 0.25) is 0 Å². The van der Waals surface area contributed by atoms with Gasteiger partial charge in [0, 0.05) is 32.2 Å². The van der Waals surface area contributed by atoms with Crippen LogP contribution in [0.15, 0.2) is 48.5 Å². The number of fused-ring (bicyclic) bond motifs is 1. The van der Waals surface area contributed by atoms with Crippen LogP contribution in [0.5, 0.6) is 0 Å². The van der Waals surface area contributed by atoms with Gasteiger partial charge in [0.05, 0.1) is 17.6 Å². The number of para-hydroxylation sites is 2. The Morgan fingerprint density at radius 2 is 1.67 bits per heavy atom. The van der Waals surface area contributed by atoms with Crippen LogP contribution in [-0.2, 0) is 6.54 Å². The number of likely N-dealkylation sites (tertiary alicyclic amines) is 1. The van der Waals surface area contributed by atoms with E-state index in [-0.39, 0.29) is 43.0 Å². The molecule has 3 aromatic rings. The average Bonchev–Trinajstić information content (AvgIpc) is 3.02. The lowest BCUT2D eigenvalue weighted by atomic mass is 10.1. The van der Waals surface area contributed by atoms with Gasteiger partial charge in [0.2, 0.25) is 5.95 Å². The Balaban J connectivity index is 0.00000150. The van der Waals surface area contributed by atoms with Crippen molar-refractivity contribution in [2.75, 3.05) is 31.5 Å². The van der Waals surface area contributed by atoms with Gasteiger partial charge in [-0.3, -0.25) is 0 Å². The highest BCUT2D eigenvalue weighted by atomic mass is 35.5. The van der Waals surface area contributed by atoms with Gasteiger partial charge >= 0.3 is 0 Å². The summed E-state index contributed by atoms with van der Waals surface area (Å²) in [6, 6.07) is 15.2. The fraction of sp³-hybridized carbons (Fsp3) is 0.381. The third kappa shape index (κ3) is 6.22. The third-order valence-corrected chi connectivity index (χ3v) is 5.27. The number of hydrogen-bond donors (Lipinski definition) is 2. The topological polar surface area (TPSA) is 59.1 Å². The van der Waals surface area contributed by atoms with E-state index in [0.717, 1.165) is 55.0 Å². The van der Waals surface area contributed by atoms with Crippen LogP contribution in [0.1, 0.15) is 18.4 Å². The third-order valence-electron chi connectivity index (χ3n) is 5.27. The molecule has 3 N–H and O–H groups in total. The maximum Gasteiger partial charge on any atom is 0.204 e. The SMILES string of the molecule is Cl.Cl.Cl.NCCN1CCC(Nc2nc3ccccc3n2Cc2ccc(F)cc2)CC1. The van der Waals surface area contributed by atoms with E-state index in [4.69, 9.17) is 10.7 Å². The van der Waals surface area contributed by atoms with Gasteiger partial charge in [0.1, 0.15) is 5.82 Å². The summed E-state index contributed by atoms with van der Waals surface area (Å²) in [5.41, 5.74) is 8.79. The van der Waals surface area contributed by atoms with Crippen LogP contribution in [-0.4, -0.2) is 46.7 Å². The lowest BCUT2D eigenvalue weighted by Gasteiger charge is -2.32. The van der Waals surface area contributed by atoms with Crippen LogP contribution in [0, 0.1) is 5.82 Å². The number of imidazole rings is 1. The van der Waals surface area contributed by atoms with Gasteiger partial charge in [0.15, 0.2) is 0 Å². The highest BCUT2D eigenvalue weighted by molar-refractivity contribution is 5.86. The van der Waals surface area contributed by atoms with Gasteiger partial charge < -0.3 is 20.5 Å². The molecule has 1 aromatic heterocycles. The van der Waals surface area contributed by atoms with E-state index < -0.39 is 0 Å². The Morgan fingerprint density at radius 1 is 1.00 bits per heavy atom. The van der Waals surface area contributed by atoms with Crippen molar-refractivity contribution in [3.63, 3.8) is 0 Å². The lowest BCUT2D eigenvalue weighted by Crippen LogP contribution is -2.41. The molecular formula is C21H29Cl3FN5. The number of nitrogens with one attached hydrogen (secondary N) is 1. The van der Waals surface area contributed by atoms with Crippen LogP contribution in [0.3, 0.4) is 0 Å². The maximum atomic E-state index is 13.2. The molecule has 2 aromatic carbocycles. The molecule has 30 heavy (non-hydrogen) atoms. The average molecular weight is 477 g/mol. The fourth-order valence-electron chi connectivity index (χ4n) is 3.78. The van der Waals surface area contributed by atoms with Crippen molar-refractivity contribution < 1.29 is 4.39 Å². The van der Waals surface area contributed by atoms with Gasteiger partial charge in [-0.05, 0) is 42.7 Å². The molecule has 0 radical (unpaired) electrons. The van der Waals surface area contributed by atoms with Crippen LogP contribution >= 0.6 is 37.2 Å². The largest absolute Gasteiger partial charge is 0.353 e.